The third-order valence-corrected chi connectivity index (χ3v) is 6.10. The van der Waals surface area contributed by atoms with Crippen molar-refractivity contribution < 1.29 is 9.53 Å². The van der Waals surface area contributed by atoms with Crippen molar-refractivity contribution >= 4 is 29.1 Å². The highest BCUT2D eigenvalue weighted by Gasteiger charge is 2.16. The molecule has 0 atom stereocenters. The Morgan fingerprint density at radius 2 is 1.75 bits per heavy atom. The number of ketones is 1. The number of benzene rings is 2. The smallest absolute Gasteiger partial charge is 0.174 e. The maximum absolute atomic E-state index is 12.7. The zero-order chi connectivity index (χ0) is 20.1. The van der Waals surface area contributed by atoms with Gasteiger partial charge in [-0.15, -0.1) is 11.8 Å². The van der Waals surface area contributed by atoms with Crippen molar-refractivity contribution in [2.75, 3.05) is 12.9 Å². The molecule has 3 nitrogen and oxygen atoms in total. The normalized spacial score (nSPS) is 10.9. The van der Waals surface area contributed by atoms with Gasteiger partial charge in [0.2, 0.25) is 0 Å². The summed E-state index contributed by atoms with van der Waals surface area (Å²) in [6.07, 6.45) is 0.910. The Bertz CT molecular complexity index is 946. The number of carbonyl (C=O) groups is 1. The van der Waals surface area contributed by atoms with Crippen molar-refractivity contribution in [2.24, 2.45) is 0 Å². The van der Waals surface area contributed by atoms with Crippen LogP contribution in [0, 0.1) is 13.8 Å². The minimum absolute atomic E-state index is 0.156. The van der Waals surface area contributed by atoms with Gasteiger partial charge in [0, 0.05) is 33.4 Å². The lowest BCUT2D eigenvalue weighted by Crippen LogP contribution is -2.08. The van der Waals surface area contributed by atoms with E-state index in [4.69, 9.17) is 16.3 Å². The van der Waals surface area contributed by atoms with Crippen LogP contribution in [0.2, 0.25) is 5.02 Å². The van der Waals surface area contributed by atoms with Crippen molar-refractivity contribution in [3.05, 3.63) is 82.1 Å². The van der Waals surface area contributed by atoms with Crippen molar-refractivity contribution in [3.8, 4) is 5.75 Å². The lowest BCUT2D eigenvalue weighted by molar-refractivity contribution is 0.102. The molecule has 28 heavy (non-hydrogen) atoms. The van der Waals surface area contributed by atoms with Crippen LogP contribution in [0.15, 0.2) is 59.5 Å². The number of nitrogens with zero attached hydrogens (tertiary/aromatic N) is 1. The molecule has 1 aromatic heterocycles. The first-order valence-electron chi connectivity index (χ1n) is 9.19. The van der Waals surface area contributed by atoms with Gasteiger partial charge in [-0.3, -0.25) is 4.79 Å². The molecule has 3 rings (SSSR count). The molecular weight excluding hydrogens is 390 g/mol. The number of ether oxygens (including phenoxy) is 1. The standard InChI is InChI=1S/C23H24ClNO2S/c1-16-14-22(23(26)15-28-21-10-6-19(24)7-11-21)17(2)25(16)13-12-18-4-8-20(27-3)9-5-18/h4-11,14H,12-13,15H2,1-3H3. The van der Waals surface area contributed by atoms with E-state index in [1.807, 2.05) is 49.4 Å². The van der Waals surface area contributed by atoms with Crippen molar-refractivity contribution in [1.29, 1.82) is 0 Å². The Hall–Kier alpha value is -2.17. The molecule has 0 radical (unpaired) electrons. The molecule has 146 valence electrons. The summed E-state index contributed by atoms with van der Waals surface area (Å²) in [5, 5.41) is 0.705. The van der Waals surface area contributed by atoms with Crippen LogP contribution in [0.25, 0.3) is 0 Å². The second-order valence-electron chi connectivity index (χ2n) is 6.70. The Morgan fingerprint density at radius 1 is 1.07 bits per heavy atom. The van der Waals surface area contributed by atoms with Gasteiger partial charge in [0.25, 0.3) is 0 Å². The van der Waals surface area contributed by atoms with Gasteiger partial charge >= 0.3 is 0 Å². The molecule has 0 aliphatic heterocycles. The summed E-state index contributed by atoms with van der Waals surface area (Å²) in [6, 6.07) is 17.7. The number of Topliss-reactive ketones (excluding diaryl/α,β-unsaturated/α-hetero) is 1. The van der Waals surface area contributed by atoms with Gasteiger partial charge in [-0.05, 0) is 68.3 Å². The number of methoxy groups -OCH3 is 1. The number of rotatable bonds is 8. The van der Waals surface area contributed by atoms with Gasteiger partial charge in [-0.25, -0.2) is 0 Å². The number of hydrogen-bond donors (Lipinski definition) is 0. The molecule has 1 heterocycles. The summed E-state index contributed by atoms with van der Waals surface area (Å²) in [7, 11) is 1.67. The topological polar surface area (TPSA) is 31.2 Å². The summed E-state index contributed by atoms with van der Waals surface area (Å²) in [4.78, 5) is 13.8. The summed E-state index contributed by atoms with van der Waals surface area (Å²) in [5.41, 5.74) is 4.21. The van der Waals surface area contributed by atoms with E-state index >= 15 is 0 Å². The van der Waals surface area contributed by atoms with E-state index in [9.17, 15) is 4.79 Å². The van der Waals surface area contributed by atoms with Crippen LogP contribution < -0.4 is 4.74 Å². The zero-order valence-electron chi connectivity index (χ0n) is 16.4. The van der Waals surface area contributed by atoms with Crippen molar-refractivity contribution in [3.63, 3.8) is 0 Å². The maximum atomic E-state index is 12.7. The largest absolute Gasteiger partial charge is 0.497 e. The van der Waals surface area contributed by atoms with Gasteiger partial charge in [-0.2, -0.15) is 0 Å². The van der Waals surface area contributed by atoms with Gasteiger partial charge in [0.1, 0.15) is 5.75 Å². The van der Waals surface area contributed by atoms with Gasteiger partial charge in [0.05, 0.1) is 12.9 Å². The van der Waals surface area contributed by atoms with Crippen LogP contribution in [0.3, 0.4) is 0 Å². The zero-order valence-corrected chi connectivity index (χ0v) is 17.9. The fourth-order valence-electron chi connectivity index (χ4n) is 3.22. The van der Waals surface area contributed by atoms with E-state index in [0.29, 0.717) is 10.8 Å². The van der Waals surface area contributed by atoms with E-state index in [-0.39, 0.29) is 5.78 Å². The third kappa shape index (κ3) is 5.00. The number of carbonyl (C=O) groups excluding carboxylic acids is 1. The quantitative estimate of drug-likeness (QED) is 0.336. The Balaban J connectivity index is 1.64. The number of thioether (sulfide) groups is 1. The van der Waals surface area contributed by atoms with E-state index < -0.39 is 0 Å². The Morgan fingerprint density at radius 3 is 2.39 bits per heavy atom. The van der Waals surface area contributed by atoms with Crippen LogP contribution in [0.1, 0.15) is 27.3 Å². The SMILES string of the molecule is COc1ccc(CCn2c(C)cc(C(=O)CSc3ccc(Cl)cc3)c2C)cc1. The fraction of sp³-hybridized carbons (Fsp3) is 0.261. The first kappa shape index (κ1) is 20.6. The first-order chi connectivity index (χ1) is 13.5. The monoisotopic (exact) mass is 413 g/mol. The van der Waals surface area contributed by atoms with Gasteiger partial charge in [-0.1, -0.05) is 23.7 Å². The minimum Gasteiger partial charge on any atom is -0.497 e. The molecule has 0 saturated carbocycles. The van der Waals surface area contributed by atoms with Gasteiger partial charge < -0.3 is 9.30 Å². The third-order valence-electron chi connectivity index (χ3n) is 4.84. The number of aromatic nitrogens is 1. The van der Waals surface area contributed by atoms with Crippen molar-refractivity contribution in [2.45, 2.75) is 31.7 Å². The molecule has 2 aromatic carbocycles. The van der Waals surface area contributed by atoms with Crippen LogP contribution in [0.5, 0.6) is 5.75 Å². The summed E-state index contributed by atoms with van der Waals surface area (Å²) in [5.74, 6) is 1.44. The highest BCUT2D eigenvalue weighted by Crippen LogP contribution is 2.24. The average molecular weight is 414 g/mol. The minimum atomic E-state index is 0.156. The molecular formula is C23H24ClNO2S. The summed E-state index contributed by atoms with van der Waals surface area (Å²) in [6.45, 7) is 4.94. The molecule has 0 amide bonds. The summed E-state index contributed by atoms with van der Waals surface area (Å²) < 4.78 is 7.44. The summed E-state index contributed by atoms with van der Waals surface area (Å²) >= 11 is 7.46. The highest BCUT2D eigenvalue weighted by atomic mass is 35.5. The lowest BCUT2D eigenvalue weighted by atomic mass is 10.1. The molecule has 0 saturated heterocycles. The van der Waals surface area contributed by atoms with Crippen LogP contribution in [0.4, 0.5) is 0 Å². The number of aryl methyl sites for hydroxylation is 2. The molecule has 3 aromatic rings. The van der Waals surface area contributed by atoms with E-state index in [0.717, 1.165) is 40.6 Å². The van der Waals surface area contributed by atoms with E-state index in [1.54, 1.807) is 18.9 Å². The fourth-order valence-corrected chi connectivity index (χ4v) is 4.13. The second-order valence-corrected chi connectivity index (χ2v) is 8.19. The molecule has 0 unspecified atom stereocenters. The lowest BCUT2D eigenvalue weighted by Gasteiger charge is -2.10. The molecule has 0 fully saturated rings. The first-order valence-corrected chi connectivity index (χ1v) is 10.6. The highest BCUT2D eigenvalue weighted by molar-refractivity contribution is 8.00. The molecule has 0 N–H and O–H groups in total. The van der Waals surface area contributed by atoms with Crippen LogP contribution in [-0.4, -0.2) is 23.2 Å². The second kappa shape index (κ2) is 9.35. The Kier molecular flexibility index (Phi) is 6.87. The van der Waals surface area contributed by atoms with Crippen LogP contribution in [-0.2, 0) is 13.0 Å². The molecule has 5 heteroatoms. The molecule has 0 bridgehead atoms. The molecule has 0 aliphatic rings. The predicted molar refractivity (Wildman–Crippen MR) is 117 cm³/mol. The predicted octanol–water partition coefficient (Wildman–Crippen LogP) is 5.98. The van der Waals surface area contributed by atoms with Gasteiger partial charge in [0.15, 0.2) is 5.78 Å². The number of hydrogen-bond acceptors (Lipinski definition) is 3. The van der Waals surface area contributed by atoms with Crippen LogP contribution >= 0.6 is 23.4 Å². The number of halogens is 1. The maximum Gasteiger partial charge on any atom is 0.174 e. The Labute approximate surface area is 175 Å². The molecule has 0 aliphatic carbocycles. The van der Waals surface area contributed by atoms with E-state index in [1.165, 1.54) is 5.56 Å². The van der Waals surface area contributed by atoms with Crippen molar-refractivity contribution in [1.82, 2.24) is 4.57 Å². The molecule has 0 spiro atoms. The average Bonchev–Trinajstić information content (AvgIpc) is 3.00. The van der Waals surface area contributed by atoms with E-state index in [2.05, 4.69) is 23.6 Å².